The van der Waals surface area contributed by atoms with Crippen LogP contribution in [-0.2, 0) is 11.2 Å². The number of rotatable bonds is 6. The summed E-state index contributed by atoms with van der Waals surface area (Å²) in [6.45, 7) is 0. The number of nitrogens with zero attached hydrogens (tertiary/aromatic N) is 2. The van der Waals surface area contributed by atoms with Gasteiger partial charge >= 0.3 is 0 Å². The minimum absolute atomic E-state index is 0.321. The van der Waals surface area contributed by atoms with Crippen molar-refractivity contribution in [3.05, 3.63) is 107 Å². The van der Waals surface area contributed by atoms with E-state index in [0.717, 1.165) is 22.5 Å². The van der Waals surface area contributed by atoms with E-state index >= 15 is 0 Å². The Morgan fingerprint density at radius 3 is 2.10 bits per heavy atom. The molecule has 1 atom stereocenters. The Hall–Kier alpha value is -3.44. The van der Waals surface area contributed by atoms with Crippen LogP contribution in [0.15, 0.2) is 101 Å². The van der Waals surface area contributed by atoms with Crippen molar-refractivity contribution in [3.63, 3.8) is 0 Å². The zero-order chi connectivity index (χ0) is 20.1. The Balaban J connectivity index is 1.89. The van der Waals surface area contributed by atoms with Gasteiger partial charge in [0.25, 0.3) is 0 Å². The number of benzene rings is 3. The lowest BCUT2D eigenvalue weighted by molar-refractivity contribution is -0.310. The highest BCUT2D eigenvalue weighted by atomic mass is 32.1. The van der Waals surface area contributed by atoms with Gasteiger partial charge < -0.3 is 14.5 Å². The minimum atomic E-state index is -1.13. The van der Waals surface area contributed by atoms with Crippen LogP contribution < -0.4 is 9.91 Å². The molecule has 0 aliphatic carbocycles. The summed E-state index contributed by atoms with van der Waals surface area (Å²) in [6, 6.07) is 28.0. The lowest BCUT2D eigenvalue weighted by atomic mass is 10.0. The highest BCUT2D eigenvalue weighted by Gasteiger charge is 2.19. The second kappa shape index (κ2) is 8.71. The van der Waals surface area contributed by atoms with Gasteiger partial charge in [-0.05, 0) is 29.7 Å². The second-order valence-electron chi connectivity index (χ2n) is 6.61. The van der Waals surface area contributed by atoms with Gasteiger partial charge in [0.2, 0.25) is 0 Å². The molecular formula is C24H19N2O2S-. The Kier molecular flexibility index (Phi) is 5.68. The quantitative estimate of drug-likeness (QED) is 0.492. The van der Waals surface area contributed by atoms with Crippen LogP contribution in [0.25, 0.3) is 11.3 Å². The first-order valence-electron chi connectivity index (χ1n) is 9.32. The number of aromatic nitrogens is 1. The molecule has 144 valence electrons. The SMILES string of the molecule is O=C([O-])[C@@H](Cc1ccccc1)n1c(-c2ccccc2)csc1=Nc1ccccc1. The number of carbonyl (C=O) groups is 1. The Labute approximate surface area is 173 Å². The molecule has 1 aromatic heterocycles. The van der Waals surface area contributed by atoms with Crippen LogP contribution in [0.4, 0.5) is 5.69 Å². The number of para-hydroxylation sites is 1. The fraction of sp³-hybridized carbons (Fsp3) is 0.0833. The molecule has 0 unspecified atom stereocenters. The van der Waals surface area contributed by atoms with E-state index < -0.39 is 12.0 Å². The van der Waals surface area contributed by atoms with Gasteiger partial charge in [0.1, 0.15) is 0 Å². The number of carbonyl (C=O) groups excluding carboxylic acids is 1. The minimum Gasteiger partial charge on any atom is -0.548 e. The van der Waals surface area contributed by atoms with Crippen molar-refractivity contribution in [3.8, 4) is 11.3 Å². The van der Waals surface area contributed by atoms with Gasteiger partial charge in [-0.1, -0.05) is 78.9 Å². The van der Waals surface area contributed by atoms with Crippen molar-refractivity contribution >= 4 is 23.0 Å². The molecule has 0 fully saturated rings. The topological polar surface area (TPSA) is 57.4 Å². The molecule has 0 saturated carbocycles. The van der Waals surface area contributed by atoms with Crippen molar-refractivity contribution in [1.29, 1.82) is 0 Å². The average molecular weight is 399 g/mol. The van der Waals surface area contributed by atoms with Gasteiger partial charge in [-0.3, -0.25) is 0 Å². The van der Waals surface area contributed by atoms with Crippen molar-refractivity contribution in [2.45, 2.75) is 12.5 Å². The highest BCUT2D eigenvalue weighted by molar-refractivity contribution is 7.07. The van der Waals surface area contributed by atoms with Crippen molar-refractivity contribution in [2.24, 2.45) is 4.99 Å². The summed E-state index contributed by atoms with van der Waals surface area (Å²) in [5, 5.41) is 14.2. The summed E-state index contributed by atoms with van der Waals surface area (Å²) >= 11 is 1.43. The van der Waals surface area contributed by atoms with E-state index in [2.05, 4.69) is 0 Å². The molecule has 4 aromatic rings. The number of thiazole rings is 1. The predicted octanol–water partition coefficient (Wildman–Crippen LogP) is 3.98. The van der Waals surface area contributed by atoms with Crippen LogP contribution in [0.3, 0.4) is 0 Å². The summed E-state index contributed by atoms with van der Waals surface area (Å²) in [6.07, 6.45) is 0.321. The number of hydrogen-bond donors (Lipinski definition) is 0. The van der Waals surface area contributed by atoms with Gasteiger partial charge in [0.15, 0.2) is 4.80 Å². The van der Waals surface area contributed by atoms with E-state index in [-0.39, 0.29) is 0 Å². The van der Waals surface area contributed by atoms with E-state index in [1.807, 2.05) is 96.4 Å². The van der Waals surface area contributed by atoms with E-state index in [1.54, 1.807) is 4.57 Å². The van der Waals surface area contributed by atoms with E-state index in [1.165, 1.54) is 11.3 Å². The molecule has 0 aliphatic rings. The standard InChI is InChI=1S/C24H20N2O2S/c27-23(28)21(16-18-10-4-1-5-11-18)26-22(19-12-6-2-7-13-19)17-29-24(26)25-20-14-8-3-9-15-20/h1-15,17,21H,16H2,(H,27,28)/p-1/t21-/m1/s1. The molecule has 0 bridgehead atoms. The van der Waals surface area contributed by atoms with E-state index in [0.29, 0.717) is 11.2 Å². The summed E-state index contributed by atoms with van der Waals surface area (Å²) in [5.74, 6) is -1.13. The fourth-order valence-corrected chi connectivity index (χ4v) is 4.22. The van der Waals surface area contributed by atoms with Gasteiger partial charge in [-0.25, -0.2) is 4.99 Å². The molecule has 0 radical (unpaired) electrons. The third-order valence-corrected chi connectivity index (χ3v) is 5.49. The Morgan fingerprint density at radius 1 is 0.897 bits per heavy atom. The summed E-state index contributed by atoms with van der Waals surface area (Å²) in [4.78, 5) is 17.6. The molecule has 0 aliphatic heterocycles. The molecule has 29 heavy (non-hydrogen) atoms. The lowest BCUT2D eigenvalue weighted by Gasteiger charge is -2.23. The molecule has 4 rings (SSSR count). The first kappa shape index (κ1) is 18.9. The zero-order valence-corrected chi connectivity index (χ0v) is 16.5. The summed E-state index contributed by atoms with van der Waals surface area (Å²) < 4.78 is 1.79. The number of hydrogen-bond acceptors (Lipinski definition) is 4. The normalized spacial score (nSPS) is 12.6. The third-order valence-electron chi connectivity index (χ3n) is 4.65. The van der Waals surface area contributed by atoms with Crippen molar-refractivity contribution in [2.75, 3.05) is 0 Å². The summed E-state index contributed by atoms with van der Waals surface area (Å²) in [5.41, 5.74) is 3.47. The largest absolute Gasteiger partial charge is 0.548 e. The number of aliphatic carboxylic acids is 1. The monoisotopic (exact) mass is 399 g/mol. The molecule has 0 amide bonds. The molecular weight excluding hydrogens is 380 g/mol. The van der Waals surface area contributed by atoms with Crippen LogP contribution in [0, 0.1) is 0 Å². The molecule has 0 saturated heterocycles. The average Bonchev–Trinajstić information content (AvgIpc) is 3.17. The molecule has 1 heterocycles. The van der Waals surface area contributed by atoms with Crippen molar-refractivity contribution < 1.29 is 9.90 Å². The maximum absolute atomic E-state index is 12.2. The number of carboxylic acids is 1. The fourth-order valence-electron chi connectivity index (χ4n) is 3.25. The van der Waals surface area contributed by atoms with Crippen LogP contribution in [0.5, 0.6) is 0 Å². The lowest BCUT2D eigenvalue weighted by Crippen LogP contribution is -2.38. The maximum atomic E-state index is 12.2. The first-order chi connectivity index (χ1) is 14.2. The Morgan fingerprint density at radius 2 is 1.48 bits per heavy atom. The molecule has 4 nitrogen and oxygen atoms in total. The zero-order valence-electron chi connectivity index (χ0n) is 15.6. The van der Waals surface area contributed by atoms with Gasteiger partial charge in [0.05, 0.1) is 23.4 Å². The van der Waals surface area contributed by atoms with Gasteiger partial charge in [-0.2, -0.15) is 0 Å². The predicted molar refractivity (Wildman–Crippen MR) is 114 cm³/mol. The van der Waals surface area contributed by atoms with Crippen molar-refractivity contribution in [1.82, 2.24) is 4.57 Å². The Bertz CT molecular complexity index is 1150. The molecule has 3 aromatic carbocycles. The molecule has 0 N–H and O–H groups in total. The smallest absolute Gasteiger partial charge is 0.191 e. The van der Waals surface area contributed by atoms with E-state index in [4.69, 9.17) is 4.99 Å². The van der Waals surface area contributed by atoms with Gasteiger partial charge in [0, 0.05) is 5.38 Å². The molecule has 5 heteroatoms. The second-order valence-corrected chi connectivity index (χ2v) is 7.45. The molecule has 0 spiro atoms. The van der Waals surface area contributed by atoms with Gasteiger partial charge in [-0.15, -0.1) is 11.3 Å². The van der Waals surface area contributed by atoms with Crippen LogP contribution in [-0.4, -0.2) is 10.5 Å². The summed E-state index contributed by atoms with van der Waals surface area (Å²) in [7, 11) is 0. The first-order valence-corrected chi connectivity index (χ1v) is 10.2. The van der Waals surface area contributed by atoms with Crippen LogP contribution in [0.2, 0.25) is 0 Å². The third kappa shape index (κ3) is 4.36. The van der Waals surface area contributed by atoms with Crippen LogP contribution >= 0.6 is 11.3 Å². The maximum Gasteiger partial charge on any atom is 0.191 e. The highest BCUT2D eigenvalue weighted by Crippen LogP contribution is 2.25. The van der Waals surface area contributed by atoms with E-state index in [9.17, 15) is 9.90 Å². The van der Waals surface area contributed by atoms with Crippen LogP contribution in [0.1, 0.15) is 11.6 Å². The number of carboxylic acid groups (broad SMARTS) is 1.